The van der Waals surface area contributed by atoms with Crippen LogP contribution in [-0.4, -0.2) is 41.6 Å². The second-order valence-electron chi connectivity index (χ2n) is 6.14. The van der Waals surface area contributed by atoms with Gasteiger partial charge >= 0.3 is 6.03 Å². The zero-order valence-corrected chi connectivity index (χ0v) is 14.1. The molecule has 1 saturated heterocycles. The van der Waals surface area contributed by atoms with Crippen LogP contribution in [0.5, 0.6) is 11.5 Å². The molecule has 1 aromatic carbocycles. The van der Waals surface area contributed by atoms with E-state index in [2.05, 4.69) is 5.32 Å². The molecule has 0 aliphatic carbocycles. The van der Waals surface area contributed by atoms with E-state index < -0.39 is 5.54 Å². The Bertz CT molecular complexity index is 586. The van der Waals surface area contributed by atoms with E-state index in [1.165, 1.54) is 4.90 Å². The largest absolute Gasteiger partial charge is 0.488 e. The lowest BCUT2D eigenvalue weighted by Crippen LogP contribution is -2.40. The second-order valence-corrected chi connectivity index (χ2v) is 6.14. The zero-order chi connectivity index (χ0) is 17.0. The molecule has 6 nitrogen and oxygen atoms in total. The summed E-state index contributed by atoms with van der Waals surface area (Å²) >= 11 is 0. The number of hydrogen-bond acceptors (Lipinski definition) is 4. The highest BCUT2D eigenvalue weighted by molar-refractivity contribution is 6.06. The van der Waals surface area contributed by atoms with Gasteiger partial charge in [-0.2, -0.15) is 0 Å². The van der Waals surface area contributed by atoms with Crippen molar-refractivity contribution in [3.63, 3.8) is 0 Å². The first-order chi connectivity index (χ1) is 10.8. The number of amides is 3. The Morgan fingerprint density at radius 3 is 2.43 bits per heavy atom. The predicted molar refractivity (Wildman–Crippen MR) is 86.6 cm³/mol. The van der Waals surface area contributed by atoms with Gasteiger partial charge in [0.2, 0.25) is 0 Å². The molecule has 1 fully saturated rings. The van der Waals surface area contributed by atoms with Crippen molar-refractivity contribution in [1.82, 2.24) is 10.2 Å². The Kier molecular flexibility index (Phi) is 5.13. The van der Waals surface area contributed by atoms with E-state index in [0.717, 1.165) is 6.42 Å². The standard InChI is InChI=1S/C17H24N2O4/c1-5-12(2)23-14-9-7-6-8-13(14)22-11-10-19-15(20)17(3,4)18-16(19)21/h6-9,12H,5,10-11H2,1-4H3,(H,18,21)/t12-/m0/s1. The van der Waals surface area contributed by atoms with Gasteiger partial charge in [-0.25, -0.2) is 4.79 Å². The highest BCUT2D eigenvalue weighted by atomic mass is 16.5. The predicted octanol–water partition coefficient (Wildman–Crippen LogP) is 2.57. The van der Waals surface area contributed by atoms with Crippen molar-refractivity contribution < 1.29 is 19.1 Å². The van der Waals surface area contributed by atoms with Crippen LogP contribution in [0.25, 0.3) is 0 Å². The van der Waals surface area contributed by atoms with E-state index in [1.54, 1.807) is 13.8 Å². The number of nitrogens with one attached hydrogen (secondary N) is 1. The van der Waals surface area contributed by atoms with E-state index >= 15 is 0 Å². The Morgan fingerprint density at radius 2 is 1.87 bits per heavy atom. The summed E-state index contributed by atoms with van der Waals surface area (Å²) in [5.41, 5.74) is -0.853. The molecule has 1 N–H and O–H groups in total. The molecule has 0 radical (unpaired) electrons. The molecule has 0 bridgehead atoms. The zero-order valence-electron chi connectivity index (χ0n) is 14.1. The summed E-state index contributed by atoms with van der Waals surface area (Å²) in [4.78, 5) is 25.1. The quantitative estimate of drug-likeness (QED) is 0.784. The van der Waals surface area contributed by atoms with Crippen LogP contribution in [0.2, 0.25) is 0 Å². The SMILES string of the molecule is CC[C@H](C)Oc1ccccc1OCCN1C(=O)NC(C)(C)C1=O. The van der Waals surface area contributed by atoms with Crippen LogP contribution in [0.1, 0.15) is 34.1 Å². The number of imide groups is 1. The maximum Gasteiger partial charge on any atom is 0.325 e. The van der Waals surface area contributed by atoms with Crippen LogP contribution in [0.4, 0.5) is 4.79 Å². The van der Waals surface area contributed by atoms with Crippen molar-refractivity contribution in [2.45, 2.75) is 45.8 Å². The van der Waals surface area contributed by atoms with Gasteiger partial charge in [0.1, 0.15) is 12.1 Å². The van der Waals surface area contributed by atoms with Crippen LogP contribution >= 0.6 is 0 Å². The van der Waals surface area contributed by atoms with Gasteiger partial charge in [0, 0.05) is 0 Å². The molecule has 0 aromatic heterocycles. The molecule has 1 heterocycles. The topological polar surface area (TPSA) is 67.9 Å². The summed E-state index contributed by atoms with van der Waals surface area (Å²) in [6.07, 6.45) is 0.984. The molecule has 1 aliphatic heterocycles. The fraction of sp³-hybridized carbons (Fsp3) is 0.529. The van der Waals surface area contributed by atoms with Gasteiger partial charge in [0.05, 0.1) is 12.6 Å². The number of para-hydroxylation sites is 2. The van der Waals surface area contributed by atoms with E-state index in [1.807, 2.05) is 38.1 Å². The number of hydrogen-bond donors (Lipinski definition) is 1. The fourth-order valence-electron chi connectivity index (χ4n) is 2.23. The van der Waals surface area contributed by atoms with Gasteiger partial charge in [-0.1, -0.05) is 19.1 Å². The van der Waals surface area contributed by atoms with Gasteiger partial charge in [0.15, 0.2) is 11.5 Å². The van der Waals surface area contributed by atoms with Crippen molar-refractivity contribution >= 4 is 11.9 Å². The van der Waals surface area contributed by atoms with Crippen LogP contribution < -0.4 is 14.8 Å². The summed E-state index contributed by atoms with van der Waals surface area (Å²) in [5, 5.41) is 2.64. The van der Waals surface area contributed by atoms with Gasteiger partial charge in [-0.05, 0) is 39.3 Å². The molecular weight excluding hydrogens is 296 g/mol. The summed E-state index contributed by atoms with van der Waals surface area (Å²) in [6.45, 7) is 7.83. The average molecular weight is 320 g/mol. The molecule has 1 aliphatic rings. The Morgan fingerprint density at radius 1 is 1.22 bits per heavy atom. The number of urea groups is 1. The van der Waals surface area contributed by atoms with Crippen molar-refractivity contribution in [1.29, 1.82) is 0 Å². The lowest BCUT2D eigenvalue weighted by Gasteiger charge is -2.18. The second kappa shape index (κ2) is 6.89. The first-order valence-electron chi connectivity index (χ1n) is 7.87. The van der Waals surface area contributed by atoms with Crippen molar-refractivity contribution in [3.05, 3.63) is 24.3 Å². The third-order valence-electron chi connectivity index (χ3n) is 3.77. The summed E-state index contributed by atoms with van der Waals surface area (Å²) in [5.74, 6) is 1.04. The van der Waals surface area contributed by atoms with E-state index in [-0.39, 0.29) is 31.2 Å². The monoisotopic (exact) mass is 320 g/mol. The molecule has 1 aromatic rings. The van der Waals surface area contributed by atoms with Gasteiger partial charge in [-0.3, -0.25) is 9.69 Å². The van der Waals surface area contributed by atoms with E-state index in [9.17, 15) is 9.59 Å². The Labute approximate surface area is 136 Å². The van der Waals surface area contributed by atoms with Crippen molar-refractivity contribution in [3.8, 4) is 11.5 Å². The molecule has 6 heteroatoms. The number of rotatable bonds is 7. The first-order valence-corrected chi connectivity index (χ1v) is 7.87. The molecule has 2 rings (SSSR count). The van der Waals surface area contributed by atoms with Crippen LogP contribution in [-0.2, 0) is 4.79 Å². The van der Waals surface area contributed by atoms with E-state index in [0.29, 0.717) is 11.5 Å². The lowest BCUT2D eigenvalue weighted by atomic mass is 10.1. The molecule has 0 unspecified atom stereocenters. The molecule has 23 heavy (non-hydrogen) atoms. The van der Waals surface area contributed by atoms with Crippen LogP contribution in [0.3, 0.4) is 0 Å². The Balaban J connectivity index is 1.94. The van der Waals surface area contributed by atoms with Crippen LogP contribution in [0.15, 0.2) is 24.3 Å². The number of benzene rings is 1. The minimum absolute atomic E-state index is 0.0893. The highest BCUT2D eigenvalue weighted by Crippen LogP contribution is 2.28. The first kappa shape index (κ1) is 17.1. The third-order valence-corrected chi connectivity index (χ3v) is 3.77. The summed E-state index contributed by atoms with van der Waals surface area (Å²) in [6, 6.07) is 7.01. The average Bonchev–Trinajstić information content (AvgIpc) is 2.70. The van der Waals surface area contributed by atoms with Gasteiger partial charge < -0.3 is 14.8 Å². The molecule has 1 atom stereocenters. The molecule has 0 spiro atoms. The molecule has 3 amide bonds. The summed E-state index contributed by atoms with van der Waals surface area (Å²) < 4.78 is 11.5. The highest BCUT2D eigenvalue weighted by Gasteiger charge is 2.43. The van der Waals surface area contributed by atoms with E-state index in [4.69, 9.17) is 9.47 Å². The van der Waals surface area contributed by atoms with Crippen LogP contribution in [0, 0.1) is 0 Å². The van der Waals surface area contributed by atoms with Gasteiger partial charge in [0.25, 0.3) is 5.91 Å². The Hall–Kier alpha value is -2.24. The van der Waals surface area contributed by atoms with Crippen molar-refractivity contribution in [2.24, 2.45) is 0 Å². The number of ether oxygens (including phenoxy) is 2. The number of carbonyl (C=O) groups excluding carboxylic acids is 2. The number of carbonyl (C=O) groups is 2. The molecular formula is C17H24N2O4. The maximum atomic E-state index is 12.1. The fourth-order valence-corrected chi connectivity index (χ4v) is 2.23. The molecule has 0 saturated carbocycles. The lowest BCUT2D eigenvalue weighted by molar-refractivity contribution is -0.130. The van der Waals surface area contributed by atoms with Gasteiger partial charge in [-0.15, -0.1) is 0 Å². The summed E-state index contributed by atoms with van der Waals surface area (Å²) in [7, 11) is 0. The smallest absolute Gasteiger partial charge is 0.325 e. The van der Waals surface area contributed by atoms with Crippen molar-refractivity contribution in [2.75, 3.05) is 13.2 Å². The normalized spacial score (nSPS) is 17.8. The minimum Gasteiger partial charge on any atom is -0.488 e. The minimum atomic E-state index is -0.853. The molecule has 126 valence electrons. The maximum absolute atomic E-state index is 12.1. The number of nitrogens with zero attached hydrogens (tertiary/aromatic N) is 1. The third kappa shape index (κ3) is 3.94.